The molecule has 20 heavy (non-hydrogen) atoms. The minimum absolute atomic E-state index is 0.0807. The maximum atomic E-state index is 11.8. The van der Waals surface area contributed by atoms with E-state index >= 15 is 0 Å². The number of hydrogen-bond acceptors (Lipinski definition) is 3. The molecule has 1 aromatic carbocycles. The zero-order chi connectivity index (χ0) is 14.5. The fourth-order valence-electron chi connectivity index (χ4n) is 1.58. The predicted molar refractivity (Wildman–Crippen MR) is 81.5 cm³/mol. The number of amides is 2. The second kappa shape index (κ2) is 6.54. The zero-order valence-corrected chi connectivity index (χ0v) is 12.3. The summed E-state index contributed by atoms with van der Waals surface area (Å²) in [6.45, 7) is 1.79. The van der Waals surface area contributed by atoms with Crippen LogP contribution in [0.4, 0.5) is 5.69 Å². The third kappa shape index (κ3) is 3.82. The molecule has 0 radical (unpaired) electrons. The summed E-state index contributed by atoms with van der Waals surface area (Å²) >= 11 is 7.21. The molecular weight excluding hydrogens is 296 g/mol. The molecule has 0 aliphatic heterocycles. The molecule has 4 nitrogen and oxygen atoms in total. The van der Waals surface area contributed by atoms with Crippen molar-refractivity contribution in [2.24, 2.45) is 0 Å². The molecule has 0 aliphatic carbocycles. The maximum absolute atomic E-state index is 11.8. The molecule has 0 atom stereocenters. The highest BCUT2D eigenvalue weighted by Gasteiger charge is 2.09. The average molecular weight is 309 g/mol. The standard InChI is InChI=1S/C14H13ClN2O2S/c1-9-4-5-10(15)7-11(9)17-13(18)8-16-14(19)12-3-2-6-20-12/h2-7H,8H2,1H3,(H,16,19)(H,17,18). The van der Waals surface area contributed by atoms with Crippen molar-refractivity contribution in [3.63, 3.8) is 0 Å². The van der Waals surface area contributed by atoms with Crippen LogP contribution in [0.2, 0.25) is 5.02 Å². The Hall–Kier alpha value is -1.85. The lowest BCUT2D eigenvalue weighted by molar-refractivity contribution is -0.115. The van der Waals surface area contributed by atoms with Gasteiger partial charge in [-0.1, -0.05) is 23.7 Å². The Morgan fingerprint density at radius 2 is 2.10 bits per heavy atom. The van der Waals surface area contributed by atoms with Crippen molar-refractivity contribution in [1.29, 1.82) is 0 Å². The molecule has 0 aliphatic rings. The van der Waals surface area contributed by atoms with Crippen molar-refractivity contribution >= 4 is 40.4 Å². The summed E-state index contributed by atoms with van der Waals surface area (Å²) in [6.07, 6.45) is 0. The maximum Gasteiger partial charge on any atom is 0.261 e. The Bertz CT molecular complexity index is 626. The highest BCUT2D eigenvalue weighted by atomic mass is 35.5. The first-order chi connectivity index (χ1) is 9.56. The van der Waals surface area contributed by atoms with Crippen molar-refractivity contribution in [3.05, 3.63) is 51.2 Å². The van der Waals surface area contributed by atoms with Gasteiger partial charge in [-0.2, -0.15) is 0 Å². The van der Waals surface area contributed by atoms with E-state index in [0.717, 1.165) is 5.56 Å². The van der Waals surface area contributed by atoms with Gasteiger partial charge in [-0.05, 0) is 36.1 Å². The Morgan fingerprint density at radius 3 is 2.80 bits per heavy atom. The number of nitrogens with one attached hydrogen (secondary N) is 2. The van der Waals surface area contributed by atoms with Gasteiger partial charge in [-0.25, -0.2) is 0 Å². The molecule has 0 fully saturated rings. The van der Waals surface area contributed by atoms with E-state index in [1.165, 1.54) is 11.3 Å². The number of halogens is 1. The van der Waals surface area contributed by atoms with Crippen LogP contribution in [0.5, 0.6) is 0 Å². The summed E-state index contributed by atoms with van der Waals surface area (Å²) in [7, 11) is 0. The van der Waals surface area contributed by atoms with Gasteiger partial charge in [0.1, 0.15) is 0 Å². The number of carbonyl (C=O) groups is 2. The largest absolute Gasteiger partial charge is 0.342 e. The van der Waals surface area contributed by atoms with Gasteiger partial charge in [0.05, 0.1) is 11.4 Å². The van der Waals surface area contributed by atoms with Crippen LogP contribution in [0.15, 0.2) is 35.7 Å². The Morgan fingerprint density at radius 1 is 1.30 bits per heavy atom. The summed E-state index contributed by atoms with van der Waals surface area (Å²) in [5.41, 5.74) is 1.56. The van der Waals surface area contributed by atoms with Crippen molar-refractivity contribution in [1.82, 2.24) is 5.32 Å². The van der Waals surface area contributed by atoms with E-state index in [-0.39, 0.29) is 18.4 Å². The van der Waals surface area contributed by atoms with Gasteiger partial charge in [-0.15, -0.1) is 11.3 Å². The molecule has 0 saturated heterocycles. The lowest BCUT2D eigenvalue weighted by Crippen LogP contribution is -2.32. The summed E-state index contributed by atoms with van der Waals surface area (Å²) in [4.78, 5) is 24.0. The number of anilines is 1. The van der Waals surface area contributed by atoms with Crippen LogP contribution in [0.25, 0.3) is 0 Å². The third-order valence-corrected chi connectivity index (χ3v) is 3.73. The van der Waals surface area contributed by atoms with E-state index in [4.69, 9.17) is 11.6 Å². The van der Waals surface area contributed by atoms with Crippen LogP contribution in [-0.4, -0.2) is 18.4 Å². The van der Waals surface area contributed by atoms with Gasteiger partial charge in [0, 0.05) is 10.7 Å². The van der Waals surface area contributed by atoms with Gasteiger partial charge in [0.25, 0.3) is 5.91 Å². The number of carbonyl (C=O) groups excluding carboxylic acids is 2. The summed E-state index contributed by atoms with van der Waals surface area (Å²) in [5, 5.41) is 7.64. The van der Waals surface area contributed by atoms with Crippen LogP contribution in [0.1, 0.15) is 15.2 Å². The second-order valence-corrected chi connectivity index (χ2v) is 5.55. The van der Waals surface area contributed by atoms with Crippen LogP contribution in [0, 0.1) is 6.92 Å². The first-order valence-corrected chi connectivity index (χ1v) is 7.20. The second-order valence-electron chi connectivity index (χ2n) is 4.17. The van der Waals surface area contributed by atoms with Gasteiger partial charge < -0.3 is 10.6 Å². The smallest absolute Gasteiger partial charge is 0.261 e. The molecule has 0 unspecified atom stereocenters. The van der Waals surface area contributed by atoms with Gasteiger partial charge >= 0.3 is 0 Å². The molecule has 2 amide bonds. The Kier molecular flexibility index (Phi) is 4.76. The minimum atomic E-state index is -0.291. The first-order valence-electron chi connectivity index (χ1n) is 5.94. The van der Waals surface area contributed by atoms with Crippen LogP contribution >= 0.6 is 22.9 Å². The zero-order valence-electron chi connectivity index (χ0n) is 10.8. The summed E-state index contributed by atoms with van der Waals surface area (Å²) in [6, 6.07) is 8.75. The van der Waals surface area contributed by atoms with E-state index in [0.29, 0.717) is 15.6 Å². The fourth-order valence-corrected chi connectivity index (χ4v) is 2.39. The Balaban J connectivity index is 1.90. The molecule has 0 spiro atoms. The van der Waals surface area contributed by atoms with E-state index in [1.54, 1.807) is 24.3 Å². The molecule has 0 saturated carbocycles. The van der Waals surface area contributed by atoms with E-state index in [2.05, 4.69) is 10.6 Å². The lowest BCUT2D eigenvalue weighted by atomic mass is 10.2. The van der Waals surface area contributed by atoms with Crippen molar-refractivity contribution in [3.8, 4) is 0 Å². The molecule has 2 rings (SSSR count). The topological polar surface area (TPSA) is 58.2 Å². The SMILES string of the molecule is Cc1ccc(Cl)cc1NC(=O)CNC(=O)c1cccs1. The number of hydrogen-bond donors (Lipinski definition) is 2. The molecule has 0 bridgehead atoms. The van der Waals surface area contributed by atoms with E-state index < -0.39 is 0 Å². The molecule has 6 heteroatoms. The molecule has 1 heterocycles. The highest BCUT2D eigenvalue weighted by Crippen LogP contribution is 2.19. The van der Waals surface area contributed by atoms with Crippen molar-refractivity contribution < 1.29 is 9.59 Å². The molecule has 1 aromatic heterocycles. The normalized spacial score (nSPS) is 10.1. The predicted octanol–water partition coefficient (Wildman–Crippen LogP) is 3.08. The average Bonchev–Trinajstić information content (AvgIpc) is 2.94. The molecule has 2 aromatic rings. The summed E-state index contributed by atoms with van der Waals surface area (Å²) < 4.78 is 0. The number of benzene rings is 1. The van der Waals surface area contributed by atoms with Gasteiger partial charge in [0.15, 0.2) is 0 Å². The fraction of sp³-hybridized carbons (Fsp3) is 0.143. The monoisotopic (exact) mass is 308 g/mol. The molecular formula is C14H13ClN2O2S. The first kappa shape index (κ1) is 14.6. The van der Waals surface area contributed by atoms with Crippen LogP contribution in [0.3, 0.4) is 0 Å². The molecule has 2 N–H and O–H groups in total. The van der Waals surface area contributed by atoms with Crippen LogP contribution < -0.4 is 10.6 Å². The third-order valence-electron chi connectivity index (χ3n) is 2.63. The van der Waals surface area contributed by atoms with Crippen molar-refractivity contribution in [2.45, 2.75) is 6.92 Å². The van der Waals surface area contributed by atoms with E-state index in [9.17, 15) is 9.59 Å². The highest BCUT2D eigenvalue weighted by molar-refractivity contribution is 7.12. The number of aryl methyl sites for hydroxylation is 1. The van der Waals surface area contributed by atoms with Crippen molar-refractivity contribution in [2.75, 3.05) is 11.9 Å². The van der Waals surface area contributed by atoms with Gasteiger partial charge in [-0.3, -0.25) is 9.59 Å². The number of rotatable bonds is 4. The molecule has 104 valence electrons. The number of thiophene rings is 1. The van der Waals surface area contributed by atoms with Gasteiger partial charge in [0.2, 0.25) is 5.91 Å². The van der Waals surface area contributed by atoms with Crippen LogP contribution in [-0.2, 0) is 4.79 Å². The minimum Gasteiger partial charge on any atom is -0.342 e. The van der Waals surface area contributed by atoms with E-state index in [1.807, 2.05) is 18.4 Å². The quantitative estimate of drug-likeness (QED) is 0.912. The lowest BCUT2D eigenvalue weighted by Gasteiger charge is -2.09. The Labute approximate surface area is 125 Å². The summed E-state index contributed by atoms with van der Waals surface area (Å²) in [5.74, 6) is -0.543.